The van der Waals surface area contributed by atoms with Gasteiger partial charge < -0.3 is 5.32 Å². The summed E-state index contributed by atoms with van der Waals surface area (Å²) in [5.74, 6) is -1.24. The van der Waals surface area contributed by atoms with Crippen LogP contribution in [0.15, 0.2) is 23.7 Å². The van der Waals surface area contributed by atoms with E-state index in [4.69, 9.17) is 0 Å². The molecular formula is C12H12F2N4OS. The molecule has 0 aliphatic rings. The lowest BCUT2D eigenvalue weighted by molar-refractivity contribution is 0.249. The van der Waals surface area contributed by atoms with E-state index in [1.807, 2.05) is 0 Å². The zero-order valence-electron chi connectivity index (χ0n) is 10.6. The molecular weight excluding hydrogens is 286 g/mol. The zero-order valence-corrected chi connectivity index (χ0v) is 11.4. The van der Waals surface area contributed by atoms with E-state index in [-0.39, 0.29) is 12.0 Å². The van der Waals surface area contributed by atoms with Crippen molar-refractivity contribution in [3.8, 4) is 0 Å². The SMILES string of the molecule is C[C@@H](Cc1c(F)cccc1F)NC(=O)Nc1nncs1. The van der Waals surface area contributed by atoms with Gasteiger partial charge in [-0.15, -0.1) is 10.2 Å². The third-order valence-corrected chi connectivity index (χ3v) is 3.14. The summed E-state index contributed by atoms with van der Waals surface area (Å²) in [6.45, 7) is 1.66. The van der Waals surface area contributed by atoms with Gasteiger partial charge in [-0.1, -0.05) is 17.4 Å². The molecule has 0 saturated heterocycles. The predicted molar refractivity (Wildman–Crippen MR) is 71.6 cm³/mol. The van der Waals surface area contributed by atoms with Crippen LogP contribution in [0.25, 0.3) is 0 Å². The van der Waals surface area contributed by atoms with E-state index in [1.54, 1.807) is 6.92 Å². The van der Waals surface area contributed by atoms with Gasteiger partial charge in [-0.2, -0.15) is 0 Å². The third kappa shape index (κ3) is 3.70. The van der Waals surface area contributed by atoms with Crippen LogP contribution in [-0.2, 0) is 6.42 Å². The zero-order chi connectivity index (χ0) is 14.5. The fourth-order valence-corrected chi connectivity index (χ4v) is 2.11. The highest BCUT2D eigenvalue weighted by atomic mass is 32.1. The van der Waals surface area contributed by atoms with E-state index in [0.717, 1.165) is 0 Å². The average Bonchev–Trinajstić information content (AvgIpc) is 2.86. The summed E-state index contributed by atoms with van der Waals surface area (Å²) in [6.07, 6.45) is 0.0576. The van der Waals surface area contributed by atoms with Gasteiger partial charge in [0.15, 0.2) is 0 Å². The maximum absolute atomic E-state index is 13.5. The second-order valence-electron chi connectivity index (χ2n) is 4.15. The molecule has 0 aliphatic carbocycles. The first kappa shape index (κ1) is 14.3. The topological polar surface area (TPSA) is 66.9 Å². The Labute approximate surface area is 118 Å². The number of amides is 2. The van der Waals surface area contributed by atoms with Crippen molar-refractivity contribution in [3.05, 3.63) is 40.9 Å². The fraction of sp³-hybridized carbons (Fsp3) is 0.250. The molecule has 5 nitrogen and oxygen atoms in total. The molecule has 1 aromatic carbocycles. The molecule has 20 heavy (non-hydrogen) atoms. The fourth-order valence-electron chi connectivity index (χ4n) is 1.67. The minimum Gasteiger partial charge on any atom is -0.335 e. The predicted octanol–water partition coefficient (Wildman–Crippen LogP) is 2.57. The molecule has 0 spiro atoms. The molecule has 0 radical (unpaired) electrons. The van der Waals surface area contributed by atoms with Crippen molar-refractivity contribution in [1.82, 2.24) is 15.5 Å². The minimum absolute atomic E-state index is 0.0452. The van der Waals surface area contributed by atoms with E-state index in [1.165, 1.54) is 35.0 Å². The first-order chi connectivity index (χ1) is 9.56. The standard InChI is InChI=1S/C12H12F2N4OS/c1-7(5-8-9(13)3-2-4-10(8)14)16-11(19)17-12-18-15-6-20-12/h2-4,6-7H,5H2,1H3,(H2,16,17,18,19)/t7-/m0/s1. The summed E-state index contributed by atoms with van der Waals surface area (Å²) in [6, 6.07) is 2.74. The summed E-state index contributed by atoms with van der Waals surface area (Å²) >= 11 is 1.17. The van der Waals surface area contributed by atoms with Gasteiger partial charge in [-0.3, -0.25) is 5.32 Å². The van der Waals surface area contributed by atoms with E-state index >= 15 is 0 Å². The van der Waals surface area contributed by atoms with E-state index < -0.39 is 23.7 Å². The lowest BCUT2D eigenvalue weighted by Crippen LogP contribution is -2.37. The van der Waals surface area contributed by atoms with Crippen molar-refractivity contribution in [2.24, 2.45) is 0 Å². The lowest BCUT2D eigenvalue weighted by atomic mass is 10.1. The van der Waals surface area contributed by atoms with Crippen LogP contribution in [0.4, 0.5) is 18.7 Å². The van der Waals surface area contributed by atoms with Crippen molar-refractivity contribution in [1.29, 1.82) is 0 Å². The summed E-state index contributed by atoms with van der Waals surface area (Å²) in [4.78, 5) is 11.6. The number of hydrogen-bond acceptors (Lipinski definition) is 4. The molecule has 2 rings (SSSR count). The monoisotopic (exact) mass is 298 g/mol. The number of hydrogen-bond donors (Lipinski definition) is 2. The summed E-state index contributed by atoms with van der Waals surface area (Å²) in [5, 5.41) is 12.6. The Bertz CT molecular complexity index is 571. The van der Waals surface area contributed by atoms with E-state index in [9.17, 15) is 13.6 Å². The van der Waals surface area contributed by atoms with Crippen LogP contribution >= 0.6 is 11.3 Å². The molecule has 106 valence electrons. The maximum atomic E-state index is 13.5. The van der Waals surface area contributed by atoms with Crippen LogP contribution < -0.4 is 10.6 Å². The largest absolute Gasteiger partial charge is 0.335 e. The molecule has 1 atom stereocenters. The molecule has 0 fully saturated rings. The van der Waals surface area contributed by atoms with Crippen molar-refractivity contribution < 1.29 is 13.6 Å². The van der Waals surface area contributed by atoms with Gasteiger partial charge in [0, 0.05) is 11.6 Å². The van der Waals surface area contributed by atoms with Crippen LogP contribution in [0.1, 0.15) is 12.5 Å². The Hall–Kier alpha value is -2.09. The normalized spacial score (nSPS) is 11.9. The molecule has 0 bridgehead atoms. The Morgan fingerprint density at radius 1 is 1.40 bits per heavy atom. The molecule has 2 amide bonds. The van der Waals surface area contributed by atoms with Gasteiger partial charge >= 0.3 is 6.03 Å². The summed E-state index contributed by atoms with van der Waals surface area (Å²) < 4.78 is 26.9. The highest BCUT2D eigenvalue weighted by molar-refractivity contribution is 7.13. The van der Waals surface area contributed by atoms with Gasteiger partial charge in [0.1, 0.15) is 17.1 Å². The smallest absolute Gasteiger partial charge is 0.321 e. The highest BCUT2D eigenvalue weighted by Crippen LogP contribution is 2.14. The Balaban J connectivity index is 1.92. The Morgan fingerprint density at radius 3 is 2.70 bits per heavy atom. The first-order valence-corrected chi connectivity index (χ1v) is 6.71. The third-order valence-electron chi connectivity index (χ3n) is 2.53. The summed E-state index contributed by atoms with van der Waals surface area (Å²) in [5.41, 5.74) is 1.43. The van der Waals surface area contributed by atoms with Gasteiger partial charge in [-0.25, -0.2) is 13.6 Å². The van der Waals surface area contributed by atoms with Crippen molar-refractivity contribution in [2.75, 3.05) is 5.32 Å². The van der Waals surface area contributed by atoms with Crippen LogP contribution in [0.2, 0.25) is 0 Å². The molecule has 1 heterocycles. The van der Waals surface area contributed by atoms with Crippen LogP contribution in [0.3, 0.4) is 0 Å². The summed E-state index contributed by atoms with van der Waals surface area (Å²) in [7, 11) is 0. The van der Waals surface area contributed by atoms with Gasteiger partial charge in [-0.05, 0) is 25.5 Å². The van der Waals surface area contributed by atoms with Crippen LogP contribution in [0, 0.1) is 11.6 Å². The van der Waals surface area contributed by atoms with Gasteiger partial charge in [0.25, 0.3) is 0 Å². The molecule has 0 unspecified atom stereocenters. The molecule has 2 aromatic rings. The van der Waals surface area contributed by atoms with Gasteiger partial charge in [0.05, 0.1) is 0 Å². The number of benzene rings is 1. The number of carbonyl (C=O) groups excluding carboxylic acids is 1. The van der Waals surface area contributed by atoms with E-state index in [2.05, 4.69) is 20.8 Å². The molecule has 0 aliphatic heterocycles. The number of halogens is 2. The molecule has 8 heteroatoms. The number of nitrogens with zero attached hydrogens (tertiary/aromatic N) is 2. The van der Waals surface area contributed by atoms with E-state index in [0.29, 0.717) is 5.13 Å². The molecule has 2 N–H and O–H groups in total. The van der Waals surface area contributed by atoms with Gasteiger partial charge in [0.2, 0.25) is 5.13 Å². The van der Waals surface area contributed by atoms with Crippen molar-refractivity contribution >= 4 is 22.5 Å². The number of anilines is 1. The lowest BCUT2D eigenvalue weighted by Gasteiger charge is -2.14. The van der Waals surface area contributed by atoms with Crippen LogP contribution in [-0.4, -0.2) is 22.3 Å². The number of rotatable bonds is 4. The highest BCUT2D eigenvalue weighted by Gasteiger charge is 2.14. The first-order valence-electron chi connectivity index (χ1n) is 5.83. The Kier molecular flexibility index (Phi) is 4.57. The number of carbonyl (C=O) groups is 1. The molecule has 1 aromatic heterocycles. The second-order valence-corrected chi connectivity index (χ2v) is 4.98. The maximum Gasteiger partial charge on any atom is 0.321 e. The number of urea groups is 1. The quantitative estimate of drug-likeness (QED) is 0.911. The second kappa shape index (κ2) is 6.38. The Morgan fingerprint density at radius 2 is 2.10 bits per heavy atom. The molecule has 0 saturated carbocycles. The van der Waals surface area contributed by atoms with Crippen molar-refractivity contribution in [2.45, 2.75) is 19.4 Å². The van der Waals surface area contributed by atoms with Crippen molar-refractivity contribution in [3.63, 3.8) is 0 Å². The van der Waals surface area contributed by atoms with Crippen LogP contribution in [0.5, 0.6) is 0 Å². The minimum atomic E-state index is -0.622. The number of nitrogens with one attached hydrogen (secondary N) is 2. The average molecular weight is 298 g/mol. The number of aromatic nitrogens is 2.